The molecule has 0 saturated carbocycles. The molecule has 110 valence electrons. The first-order valence-corrected chi connectivity index (χ1v) is 7.22. The van der Waals surface area contributed by atoms with Crippen LogP contribution < -0.4 is 10.1 Å². The Labute approximate surface area is 120 Å². The van der Waals surface area contributed by atoms with E-state index in [1.165, 1.54) is 5.56 Å². The Balaban J connectivity index is 2.06. The number of carboxylic acids is 1. The van der Waals surface area contributed by atoms with Crippen molar-refractivity contribution in [1.29, 1.82) is 0 Å². The SMILES string of the molecule is CC(C)CC(NC(C)c1ccc2c(c1)CCO2)C(=O)O. The van der Waals surface area contributed by atoms with Crippen molar-refractivity contribution in [3.8, 4) is 5.75 Å². The molecular weight excluding hydrogens is 254 g/mol. The monoisotopic (exact) mass is 277 g/mol. The zero-order valence-corrected chi connectivity index (χ0v) is 12.3. The maximum Gasteiger partial charge on any atom is 0.320 e. The summed E-state index contributed by atoms with van der Waals surface area (Å²) in [6, 6.07) is 5.62. The van der Waals surface area contributed by atoms with E-state index < -0.39 is 12.0 Å². The first-order chi connectivity index (χ1) is 9.47. The van der Waals surface area contributed by atoms with Gasteiger partial charge >= 0.3 is 5.97 Å². The highest BCUT2D eigenvalue weighted by molar-refractivity contribution is 5.73. The summed E-state index contributed by atoms with van der Waals surface area (Å²) >= 11 is 0. The number of aliphatic carboxylic acids is 1. The van der Waals surface area contributed by atoms with Gasteiger partial charge in [-0.25, -0.2) is 0 Å². The largest absolute Gasteiger partial charge is 0.493 e. The minimum atomic E-state index is -0.782. The Kier molecular flexibility index (Phi) is 4.65. The maximum absolute atomic E-state index is 11.3. The van der Waals surface area contributed by atoms with Crippen molar-refractivity contribution in [3.63, 3.8) is 0 Å². The first kappa shape index (κ1) is 14.9. The second-order valence-corrected chi connectivity index (χ2v) is 5.87. The van der Waals surface area contributed by atoms with Crippen molar-refractivity contribution >= 4 is 5.97 Å². The van der Waals surface area contributed by atoms with Crippen LogP contribution in [0.4, 0.5) is 0 Å². The highest BCUT2D eigenvalue weighted by Gasteiger charge is 2.22. The van der Waals surface area contributed by atoms with Gasteiger partial charge in [0, 0.05) is 12.5 Å². The fraction of sp³-hybridized carbons (Fsp3) is 0.562. The molecule has 0 bridgehead atoms. The molecule has 2 atom stereocenters. The van der Waals surface area contributed by atoms with Crippen LogP contribution in [-0.4, -0.2) is 23.7 Å². The van der Waals surface area contributed by atoms with E-state index in [4.69, 9.17) is 4.74 Å². The Morgan fingerprint density at radius 2 is 2.15 bits per heavy atom. The molecule has 0 amide bonds. The third-order valence-corrected chi connectivity index (χ3v) is 3.67. The minimum Gasteiger partial charge on any atom is -0.493 e. The van der Waals surface area contributed by atoms with E-state index in [0.29, 0.717) is 12.3 Å². The number of fused-ring (bicyclic) bond motifs is 1. The third-order valence-electron chi connectivity index (χ3n) is 3.67. The van der Waals surface area contributed by atoms with Crippen LogP contribution in [0.3, 0.4) is 0 Å². The molecular formula is C16H23NO3. The Hall–Kier alpha value is -1.55. The lowest BCUT2D eigenvalue weighted by Crippen LogP contribution is -2.39. The molecule has 0 aliphatic carbocycles. The minimum absolute atomic E-state index is 0.0146. The van der Waals surface area contributed by atoms with E-state index in [2.05, 4.69) is 11.4 Å². The van der Waals surface area contributed by atoms with Gasteiger partial charge in [0.1, 0.15) is 11.8 Å². The van der Waals surface area contributed by atoms with Gasteiger partial charge in [-0.15, -0.1) is 0 Å². The fourth-order valence-electron chi connectivity index (χ4n) is 2.59. The molecule has 1 aliphatic rings. The van der Waals surface area contributed by atoms with Gasteiger partial charge < -0.3 is 9.84 Å². The number of carboxylic acid groups (broad SMARTS) is 1. The summed E-state index contributed by atoms with van der Waals surface area (Å²) < 4.78 is 5.49. The Morgan fingerprint density at radius 3 is 2.80 bits per heavy atom. The van der Waals surface area contributed by atoms with Gasteiger partial charge in [0.05, 0.1) is 6.61 Å². The predicted octanol–water partition coefficient (Wildman–Crippen LogP) is 2.77. The van der Waals surface area contributed by atoms with E-state index in [0.717, 1.165) is 24.3 Å². The average molecular weight is 277 g/mol. The van der Waals surface area contributed by atoms with Crippen LogP contribution in [0.2, 0.25) is 0 Å². The lowest BCUT2D eigenvalue weighted by atomic mass is 10.00. The molecule has 4 nitrogen and oxygen atoms in total. The van der Waals surface area contributed by atoms with Gasteiger partial charge in [0.15, 0.2) is 0 Å². The molecule has 4 heteroatoms. The van der Waals surface area contributed by atoms with Gasteiger partial charge in [-0.2, -0.15) is 0 Å². The van der Waals surface area contributed by atoms with Gasteiger partial charge in [-0.05, 0) is 36.5 Å². The van der Waals surface area contributed by atoms with Crippen molar-refractivity contribution in [2.75, 3.05) is 6.61 Å². The molecule has 0 fully saturated rings. The van der Waals surface area contributed by atoms with E-state index >= 15 is 0 Å². The van der Waals surface area contributed by atoms with Gasteiger partial charge in [0.25, 0.3) is 0 Å². The van der Waals surface area contributed by atoms with Crippen LogP contribution in [0.25, 0.3) is 0 Å². The number of carbonyl (C=O) groups is 1. The van der Waals surface area contributed by atoms with E-state index in [-0.39, 0.29) is 6.04 Å². The van der Waals surface area contributed by atoms with Crippen LogP contribution in [-0.2, 0) is 11.2 Å². The van der Waals surface area contributed by atoms with Gasteiger partial charge in [0.2, 0.25) is 0 Å². The van der Waals surface area contributed by atoms with Crippen molar-refractivity contribution in [2.24, 2.45) is 5.92 Å². The van der Waals surface area contributed by atoms with Crippen molar-refractivity contribution in [1.82, 2.24) is 5.32 Å². The number of ether oxygens (including phenoxy) is 1. The summed E-state index contributed by atoms with van der Waals surface area (Å²) in [7, 11) is 0. The Bertz CT molecular complexity index is 485. The van der Waals surface area contributed by atoms with Crippen molar-refractivity contribution < 1.29 is 14.6 Å². The highest BCUT2D eigenvalue weighted by Crippen LogP contribution is 2.28. The number of benzene rings is 1. The summed E-state index contributed by atoms with van der Waals surface area (Å²) in [5.41, 5.74) is 2.33. The lowest BCUT2D eigenvalue weighted by molar-refractivity contribution is -0.140. The molecule has 1 aromatic rings. The molecule has 0 spiro atoms. The summed E-state index contributed by atoms with van der Waals surface area (Å²) in [6.07, 6.45) is 1.57. The summed E-state index contributed by atoms with van der Waals surface area (Å²) in [4.78, 5) is 11.3. The average Bonchev–Trinajstić information content (AvgIpc) is 2.84. The van der Waals surface area contributed by atoms with E-state index in [1.54, 1.807) is 0 Å². The Morgan fingerprint density at radius 1 is 1.40 bits per heavy atom. The number of nitrogens with one attached hydrogen (secondary N) is 1. The predicted molar refractivity (Wildman–Crippen MR) is 78.1 cm³/mol. The third kappa shape index (κ3) is 3.51. The van der Waals surface area contributed by atoms with Gasteiger partial charge in [-0.3, -0.25) is 10.1 Å². The summed E-state index contributed by atoms with van der Waals surface area (Å²) in [5, 5.41) is 12.5. The standard InChI is InChI=1S/C16H23NO3/c1-10(2)8-14(16(18)19)17-11(3)12-4-5-15-13(9-12)6-7-20-15/h4-5,9-11,14,17H,6-8H2,1-3H3,(H,18,19). The molecule has 1 heterocycles. The van der Waals surface area contributed by atoms with Crippen LogP contribution in [0.5, 0.6) is 5.75 Å². The summed E-state index contributed by atoms with van der Waals surface area (Å²) in [6.45, 7) is 6.82. The number of hydrogen-bond acceptors (Lipinski definition) is 3. The lowest BCUT2D eigenvalue weighted by Gasteiger charge is -2.22. The fourth-order valence-corrected chi connectivity index (χ4v) is 2.59. The molecule has 1 aromatic carbocycles. The van der Waals surface area contributed by atoms with Crippen LogP contribution in [0.1, 0.15) is 44.4 Å². The zero-order valence-electron chi connectivity index (χ0n) is 12.3. The highest BCUT2D eigenvalue weighted by atomic mass is 16.5. The van der Waals surface area contributed by atoms with Gasteiger partial charge in [-0.1, -0.05) is 26.0 Å². The first-order valence-electron chi connectivity index (χ1n) is 7.22. The van der Waals surface area contributed by atoms with E-state index in [9.17, 15) is 9.90 Å². The van der Waals surface area contributed by atoms with Crippen molar-refractivity contribution in [3.05, 3.63) is 29.3 Å². The van der Waals surface area contributed by atoms with Crippen LogP contribution in [0, 0.1) is 5.92 Å². The molecule has 0 radical (unpaired) electrons. The van der Waals surface area contributed by atoms with Crippen LogP contribution in [0.15, 0.2) is 18.2 Å². The quantitative estimate of drug-likeness (QED) is 0.839. The second kappa shape index (κ2) is 6.27. The maximum atomic E-state index is 11.3. The normalized spacial score (nSPS) is 16.6. The molecule has 2 N–H and O–H groups in total. The van der Waals surface area contributed by atoms with E-state index in [1.807, 2.05) is 32.9 Å². The topological polar surface area (TPSA) is 58.6 Å². The molecule has 2 unspecified atom stereocenters. The molecule has 20 heavy (non-hydrogen) atoms. The molecule has 2 rings (SSSR count). The molecule has 0 aromatic heterocycles. The van der Waals surface area contributed by atoms with Crippen molar-refractivity contribution in [2.45, 2.75) is 45.7 Å². The molecule has 0 saturated heterocycles. The number of rotatable bonds is 6. The van der Waals surface area contributed by atoms with Crippen LogP contribution >= 0.6 is 0 Å². The smallest absolute Gasteiger partial charge is 0.320 e. The zero-order chi connectivity index (χ0) is 14.7. The summed E-state index contributed by atoms with van der Waals surface area (Å²) in [5.74, 6) is 0.525. The molecule has 1 aliphatic heterocycles. The second-order valence-electron chi connectivity index (χ2n) is 5.87. The number of hydrogen-bond donors (Lipinski definition) is 2.